The van der Waals surface area contributed by atoms with Crippen LogP contribution in [0.25, 0.3) is 0 Å². The number of primary amides is 1. The molecule has 5 nitrogen and oxygen atoms in total. The minimum Gasteiger partial charge on any atom is -0.382 e. The standard InChI is InChI=1S/C7H10N4OS/c1-2-3-10-7-11-5(8)4(13-7)6(9)12/h2H,1,3,8H2,(H2,9,12)(H,10,11). The van der Waals surface area contributed by atoms with Gasteiger partial charge in [-0.2, -0.15) is 0 Å². The molecule has 0 aliphatic rings. The molecular weight excluding hydrogens is 188 g/mol. The van der Waals surface area contributed by atoms with E-state index in [2.05, 4.69) is 16.9 Å². The van der Waals surface area contributed by atoms with E-state index in [4.69, 9.17) is 11.5 Å². The second kappa shape index (κ2) is 3.90. The topological polar surface area (TPSA) is 94.0 Å². The Morgan fingerprint density at radius 2 is 2.46 bits per heavy atom. The molecule has 1 heterocycles. The van der Waals surface area contributed by atoms with Gasteiger partial charge in [-0.05, 0) is 0 Å². The molecule has 1 rings (SSSR count). The molecule has 0 unspecified atom stereocenters. The number of anilines is 2. The first kappa shape index (κ1) is 9.53. The predicted molar refractivity (Wildman–Crippen MR) is 53.7 cm³/mol. The average Bonchev–Trinajstić information content (AvgIpc) is 2.43. The number of nitrogens with zero attached hydrogens (tertiary/aromatic N) is 1. The molecule has 1 aromatic heterocycles. The lowest BCUT2D eigenvalue weighted by molar-refractivity contribution is 0.100. The smallest absolute Gasteiger partial charge is 0.262 e. The lowest BCUT2D eigenvalue weighted by Crippen LogP contribution is -2.10. The Labute approximate surface area is 79.5 Å². The van der Waals surface area contributed by atoms with Crippen LogP contribution in [0, 0.1) is 0 Å². The molecule has 5 N–H and O–H groups in total. The number of nitrogens with one attached hydrogen (secondary N) is 1. The van der Waals surface area contributed by atoms with Crippen molar-refractivity contribution in [1.29, 1.82) is 0 Å². The van der Waals surface area contributed by atoms with Gasteiger partial charge in [0.15, 0.2) is 5.13 Å². The van der Waals surface area contributed by atoms with Crippen LogP contribution in [0.1, 0.15) is 9.67 Å². The van der Waals surface area contributed by atoms with Crippen molar-refractivity contribution in [2.24, 2.45) is 5.73 Å². The van der Waals surface area contributed by atoms with E-state index in [-0.39, 0.29) is 10.7 Å². The summed E-state index contributed by atoms with van der Waals surface area (Å²) in [6.45, 7) is 4.11. The first-order valence-electron chi connectivity index (χ1n) is 3.56. The van der Waals surface area contributed by atoms with Gasteiger partial charge in [-0.15, -0.1) is 6.58 Å². The molecule has 0 saturated heterocycles. The van der Waals surface area contributed by atoms with Crippen molar-refractivity contribution in [2.75, 3.05) is 17.6 Å². The molecule has 0 spiro atoms. The largest absolute Gasteiger partial charge is 0.382 e. The zero-order chi connectivity index (χ0) is 9.84. The highest BCUT2D eigenvalue weighted by Gasteiger charge is 2.12. The van der Waals surface area contributed by atoms with E-state index in [1.54, 1.807) is 6.08 Å². The first-order valence-corrected chi connectivity index (χ1v) is 4.37. The van der Waals surface area contributed by atoms with E-state index in [1.807, 2.05) is 0 Å². The van der Waals surface area contributed by atoms with Crippen molar-refractivity contribution in [3.05, 3.63) is 17.5 Å². The van der Waals surface area contributed by atoms with Crippen LogP contribution in [0.4, 0.5) is 10.9 Å². The van der Waals surface area contributed by atoms with Crippen LogP contribution in [0.15, 0.2) is 12.7 Å². The van der Waals surface area contributed by atoms with E-state index >= 15 is 0 Å². The molecule has 70 valence electrons. The van der Waals surface area contributed by atoms with Crippen LogP contribution in [0.5, 0.6) is 0 Å². The van der Waals surface area contributed by atoms with Gasteiger partial charge in [0.05, 0.1) is 0 Å². The van der Waals surface area contributed by atoms with E-state index in [0.29, 0.717) is 11.7 Å². The highest BCUT2D eigenvalue weighted by Crippen LogP contribution is 2.23. The Balaban J connectivity index is 2.82. The summed E-state index contributed by atoms with van der Waals surface area (Å²) in [5, 5.41) is 3.49. The van der Waals surface area contributed by atoms with Crippen molar-refractivity contribution in [3.8, 4) is 0 Å². The number of amides is 1. The highest BCUT2D eigenvalue weighted by atomic mass is 32.1. The van der Waals surface area contributed by atoms with Crippen LogP contribution in [-0.2, 0) is 0 Å². The van der Waals surface area contributed by atoms with E-state index in [1.165, 1.54) is 0 Å². The number of hydrogen-bond donors (Lipinski definition) is 3. The summed E-state index contributed by atoms with van der Waals surface area (Å²) in [5.41, 5.74) is 10.5. The van der Waals surface area contributed by atoms with Crippen LogP contribution in [-0.4, -0.2) is 17.4 Å². The fourth-order valence-electron chi connectivity index (χ4n) is 0.744. The molecule has 13 heavy (non-hydrogen) atoms. The quantitative estimate of drug-likeness (QED) is 0.611. The second-order valence-corrected chi connectivity index (χ2v) is 3.27. The Bertz CT molecular complexity index is 333. The van der Waals surface area contributed by atoms with Gasteiger partial charge >= 0.3 is 0 Å². The Kier molecular flexibility index (Phi) is 2.86. The van der Waals surface area contributed by atoms with E-state index < -0.39 is 5.91 Å². The van der Waals surface area contributed by atoms with Crippen molar-refractivity contribution in [3.63, 3.8) is 0 Å². The summed E-state index contributed by atoms with van der Waals surface area (Å²) in [4.78, 5) is 15.0. The van der Waals surface area contributed by atoms with Gasteiger partial charge in [0.1, 0.15) is 10.7 Å². The molecule has 0 atom stereocenters. The summed E-state index contributed by atoms with van der Waals surface area (Å²) < 4.78 is 0. The number of nitrogen functional groups attached to an aromatic ring is 1. The molecule has 0 saturated carbocycles. The third-order valence-corrected chi connectivity index (χ3v) is 2.32. The Hall–Kier alpha value is -1.56. The molecule has 6 heteroatoms. The fraction of sp³-hybridized carbons (Fsp3) is 0.143. The number of aromatic nitrogens is 1. The normalized spacial score (nSPS) is 9.54. The minimum atomic E-state index is -0.554. The van der Waals surface area contributed by atoms with Gasteiger partial charge < -0.3 is 16.8 Å². The molecule has 1 amide bonds. The molecular formula is C7H10N4OS. The van der Waals surface area contributed by atoms with Gasteiger partial charge in [0, 0.05) is 6.54 Å². The molecule has 0 aromatic carbocycles. The summed E-state index contributed by atoms with van der Waals surface area (Å²) in [6, 6.07) is 0. The number of thiazole rings is 1. The summed E-state index contributed by atoms with van der Waals surface area (Å²) >= 11 is 1.14. The number of nitrogens with two attached hydrogens (primary N) is 2. The lowest BCUT2D eigenvalue weighted by atomic mass is 10.5. The molecule has 0 radical (unpaired) electrons. The highest BCUT2D eigenvalue weighted by molar-refractivity contribution is 7.18. The third kappa shape index (κ3) is 2.19. The van der Waals surface area contributed by atoms with Crippen LogP contribution < -0.4 is 16.8 Å². The van der Waals surface area contributed by atoms with Crippen LogP contribution in [0.2, 0.25) is 0 Å². The second-order valence-electron chi connectivity index (χ2n) is 2.27. The fourth-order valence-corrected chi connectivity index (χ4v) is 1.49. The summed E-state index contributed by atoms with van der Waals surface area (Å²) in [5.74, 6) is -0.384. The third-order valence-electron chi connectivity index (χ3n) is 1.27. The predicted octanol–water partition coefficient (Wildman–Crippen LogP) is 0.422. The molecule has 0 fully saturated rings. The van der Waals surface area contributed by atoms with Crippen molar-refractivity contribution in [1.82, 2.24) is 4.98 Å². The monoisotopic (exact) mass is 198 g/mol. The van der Waals surface area contributed by atoms with E-state index in [0.717, 1.165) is 11.3 Å². The zero-order valence-corrected chi connectivity index (χ0v) is 7.73. The van der Waals surface area contributed by atoms with Gasteiger partial charge in [-0.3, -0.25) is 4.79 Å². The minimum absolute atomic E-state index is 0.170. The average molecular weight is 198 g/mol. The number of hydrogen-bond acceptors (Lipinski definition) is 5. The van der Waals surface area contributed by atoms with Gasteiger partial charge in [-0.1, -0.05) is 17.4 Å². The molecule has 1 aromatic rings. The number of carbonyl (C=O) groups excluding carboxylic acids is 1. The van der Waals surface area contributed by atoms with E-state index in [9.17, 15) is 4.79 Å². The van der Waals surface area contributed by atoms with Crippen molar-refractivity contribution >= 4 is 28.2 Å². The van der Waals surface area contributed by atoms with Crippen molar-refractivity contribution in [2.45, 2.75) is 0 Å². The first-order chi connectivity index (χ1) is 6.15. The summed E-state index contributed by atoms with van der Waals surface area (Å²) in [6.07, 6.45) is 1.68. The Morgan fingerprint density at radius 3 is 2.92 bits per heavy atom. The lowest BCUT2D eigenvalue weighted by Gasteiger charge is -1.93. The maximum absolute atomic E-state index is 10.8. The Morgan fingerprint density at radius 1 is 1.77 bits per heavy atom. The van der Waals surface area contributed by atoms with Crippen LogP contribution in [0.3, 0.4) is 0 Å². The van der Waals surface area contributed by atoms with Gasteiger partial charge in [0.2, 0.25) is 0 Å². The SMILES string of the molecule is C=CCNc1nc(N)c(C(N)=O)s1. The van der Waals surface area contributed by atoms with Crippen molar-refractivity contribution < 1.29 is 4.79 Å². The number of carbonyl (C=O) groups is 1. The van der Waals surface area contributed by atoms with Gasteiger partial charge in [0.25, 0.3) is 5.91 Å². The maximum atomic E-state index is 10.8. The van der Waals surface area contributed by atoms with Gasteiger partial charge in [-0.25, -0.2) is 4.98 Å². The molecule has 0 aliphatic heterocycles. The zero-order valence-electron chi connectivity index (χ0n) is 6.91. The molecule has 0 bridgehead atoms. The maximum Gasteiger partial charge on any atom is 0.262 e. The summed E-state index contributed by atoms with van der Waals surface area (Å²) in [7, 11) is 0. The van der Waals surface area contributed by atoms with Crippen LogP contribution >= 0.6 is 11.3 Å². The number of rotatable bonds is 4. The molecule has 0 aliphatic carbocycles.